The summed E-state index contributed by atoms with van der Waals surface area (Å²) in [5.41, 5.74) is 0. The molecule has 0 aromatic rings. The van der Waals surface area contributed by atoms with Crippen LogP contribution in [0.5, 0.6) is 0 Å². The fourth-order valence-corrected chi connectivity index (χ4v) is 8.25. The fraction of sp³-hybridized carbons (Fsp3) is 0.877. The lowest BCUT2D eigenvalue weighted by Crippen LogP contribution is -2.30. The van der Waals surface area contributed by atoms with Gasteiger partial charge in [-0.15, -0.1) is 0 Å². The number of hydrogen-bond acceptors (Lipinski definition) is 6. The van der Waals surface area contributed by atoms with Crippen molar-refractivity contribution in [3.63, 3.8) is 0 Å². The Morgan fingerprint density at radius 2 is 0.603 bits per heavy atom. The minimum atomic E-state index is -0.772. The van der Waals surface area contributed by atoms with Crippen molar-refractivity contribution >= 4 is 17.9 Å². The number of carbonyl (C=O) groups excluding carboxylic acids is 3. The molecule has 0 N–H and O–H groups in total. The lowest BCUT2D eigenvalue weighted by molar-refractivity contribution is -0.167. The molecule has 0 aromatic carbocycles. The molecule has 0 aliphatic heterocycles. The number of carbonyl (C=O) groups is 3. The SMILES string of the molecule is CCC/C=C\C/C=C\CCCCCCCC(=O)OC(COC(=O)CCCCCCCCCCCCCC)COC(=O)CCCCCCCCCCCCCCCCCCCCCC. The van der Waals surface area contributed by atoms with Crippen molar-refractivity contribution in [1.29, 1.82) is 0 Å². The maximum Gasteiger partial charge on any atom is 0.306 e. The Labute approximate surface area is 392 Å². The van der Waals surface area contributed by atoms with Crippen molar-refractivity contribution in [3.8, 4) is 0 Å². The summed E-state index contributed by atoms with van der Waals surface area (Å²) < 4.78 is 16.8. The zero-order valence-electron chi connectivity index (χ0n) is 42.4. The van der Waals surface area contributed by atoms with Crippen LogP contribution in [0.15, 0.2) is 24.3 Å². The second-order valence-electron chi connectivity index (χ2n) is 18.9. The molecule has 1 atom stereocenters. The van der Waals surface area contributed by atoms with Crippen LogP contribution in [-0.4, -0.2) is 37.2 Å². The highest BCUT2D eigenvalue weighted by Crippen LogP contribution is 2.17. The molecule has 0 bridgehead atoms. The molecule has 370 valence electrons. The summed E-state index contributed by atoms with van der Waals surface area (Å²) in [5, 5.41) is 0. The summed E-state index contributed by atoms with van der Waals surface area (Å²) >= 11 is 0. The summed E-state index contributed by atoms with van der Waals surface area (Å²) in [4.78, 5) is 38.0. The van der Waals surface area contributed by atoms with Gasteiger partial charge in [0.1, 0.15) is 13.2 Å². The average molecular weight is 887 g/mol. The fourth-order valence-electron chi connectivity index (χ4n) is 8.25. The Morgan fingerprint density at radius 1 is 0.317 bits per heavy atom. The molecule has 6 heteroatoms. The smallest absolute Gasteiger partial charge is 0.306 e. The zero-order valence-corrected chi connectivity index (χ0v) is 42.4. The highest BCUT2D eigenvalue weighted by molar-refractivity contribution is 5.71. The predicted octanol–water partition coefficient (Wildman–Crippen LogP) is 18.3. The number of allylic oxidation sites excluding steroid dienone is 4. The van der Waals surface area contributed by atoms with Gasteiger partial charge in [-0.2, -0.15) is 0 Å². The van der Waals surface area contributed by atoms with Gasteiger partial charge in [0.15, 0.2) is 6.10 Å². The van der Waals surface area contributed by atoms with Crippen LogP contribution in [0, 0.1) is 0 Å². The van der Waals surface area contributed by atoms with Crippen LogP contribution in [0.2, 0.25) is 0 Å². The molecule has 1 unspecified atom stereocenters. The van der Waals surface area contributed by atoms with E-state index in [0.29, 0.717) is 19.3 Å². The average Bonchev–Trinajstić information content (AvgIpc) is 3.28. The predicted molar refractivity (Wildman–Crippen MR) is 270 cm³/mol. The molecule has 0 heterocycles. The maximum atomic E-state index is 12.8. The van der Waals surface area contributed by atoms with Crippen LogP contribution in [0.3, 0.4) is 0 Å². The van der Waals surface area contributed by atoms with Crippen molar-refractivity contribution in [2.45, 2.75) is 309 Å². The number of unbranched alkanes of at least 4 members (excludes halogenated alkanes) is 36. The molecule has 0 aromatic heterocycles. The summed E-state index contributed by atoms with van der Waals surface area (Å²) in [5.74, 6) is -0.869. The summed E-state index contributed by atoms with van der Waals surface area (Å²) in [6.07, 6.45) is 60.3. The molecular formula is C57H106O6. The first-order valence-corrected chi connectivity index (χ1v) is 27.8. The Morgan fingerprint density at radius 3 is 0.937 bits per heavy atom. The van der Waals surface area contributed by atoms with Gasteiger partial charge in [-0.3, -0.25) is 14.4 Å². The summed E-state index contributed by atoms with van der Waals surface area (Å²) in [7, 11) is 0. The molecule has 0 fully saturated rings. The van der Waals surface area contributed by atoms with E-state index in [9.17, 15) is 14.4 Å². The highest BCUT2D eigenvalue weighted by atomic mass is 16.6. The van der Waals surface area contributed by atoms with Gasteiger partial charge in [0.25, 0.3) is 0 Å². The van der Waals surface area contributed by atoms with Gasteiger partial charge in [0, 0.05) is 19.3 Å². The number of ether oxygens (including phenoxy) is 3. The molecule has 0 aliphatic rings. The quantitative estimate of drug-likeness (QED) is 0.0262. The molecule has 63 heavy (non-hydrogen) atoms. The highest BCUT2D eigenvalue weighted by Gasteiger charge is 2.19. The van der Waals surface area contributed by atoms with Crippen molar-refractivity contribution in [2.75, 3.05) is 13.2 Å². The Kier molecular flexibility index (Phi) is 50.8. The Hall–Kier alpha value is -2.11. The standard InChI is InChI=1S/C57H106O6/c1-4-7-10-13-16-19-22-25-26-27-28-29-30-31-33-35-38-41-44-47-50-56(59)62-53-54(52-61-55(58)49-46-43-40-37-34-24-21-18-15-12-9-6-3)63-57(60)51-48-45-42-39-36-32-23-20-17-14-11-8-5-2/h11,14,20,23,54H,4-10,12-13,15-19,21-22,24-53H2,1-3H3/b14-11-,23-20-. The normalized spacial score (nSPS) is 12.1. The first-order chi connectivity index (χ1) is 31.0. The van der Waals surface area contributed by atoms with E-state index in [1.807, 2.05) is 0 Å². The van der Waals surface area contributed by atoms with Crippen LogP contribution in [0.4, 0.5) is 0 Å². The number of esters is 3. The number of rotatable bonds is 51. The van der Waals surface area contributed by atoms with E-state index in [4.69, 9.17) is 14.2 Å². The van der Waals surface area contributed by atoms with Crippen molar-refractivity contribution in [3.05, 3.63) is 24.3 Å². The van der Waals surface area contributed by atoms with E-state index in [-0.39, 0.29) is 31.1 Å². The lowest BCUT2D eigenvalue weighted by Gasteiger charge is -2.18. The molecule has 0 radical (unpaired) electrons. The Bertz CT molecular complexity index is 1020. The molecular weight excluding hydrogens is 781 g/mol. The van der Waals surface area contributed by atoms with Crippen LogP contribution in [0.25, 0.3) is 0 Å². The van der Waals surface area contributed by atoms with Crippen LogP contribution in [-0.2, 0) is 28.6 Å². The van der Waals surface area contributed by atoms with E-state index in [1.165, 1.54) is 173 Å². The van der Waals surface area contributed by atoms with Crippen molar-refractivity contribution in [2.24, 2.45) is 0 Å². The first kappa shape index (κ1) is 60.9. The molecule has 6 nitrogen and oxygen atoms in total. The lowest BCUT2D eigenvalue weighted by atomic mass is 10.0. The first-order valence-electron chi connectivity index (χ1n) is 27.8. The third-order valence-corrected chi connectivity index (χ3v) is 12.4. The molecule has 0 amide bonds. The third-order valence-electron chi connectivity index (χ3n) is 12.4. The second kappa shape index (κ2) is 52.5. The van der Waals surface area contributed by atoms with Crippen LogP contribution < -0.4 is 0 Å². The van der Waals surface area contributed by atoms with E-state index in [1.54, 1.807) is 0 Å². The minimum Gasteiger partial charge on any atom is -0.462 e. The van der Waals surface area contributed by atoms with Crippen LogP contribution >= 0.6 is 0 Å². The third kappa shape index (κ3) is 50.7. The van der Waals surface area contributed by atoms with Gasteiger partial charge in [-0.25, -0.2) is 0 Å². The van der Waals surface area contributed by atoms with Crippen molar-refractivity contribution in [1.82, 2.24) is 0 Å². The van der Waals surface area contributed by atoms with Gasteiger partial charge in [0.2, 0.25) is 0 Å². The van der Waals surface area contributed by atoms with Gasteiger partial charge >= 0.3 is 17.9 Å². The molecule has 0 aliphatic carbocycles. The molecule has 0 rings (SSSR count). The molecule has 0 saturated carbocycles. The van der Waals surface area contributed by atoms with E-state index < -0.39 is 6.10 Å². The van der Waals surface area contributed by atoms with Crippen molar-refractivity contribution < 1.29 is 28.6 Å². The number of hydrogen-bond donors (Lipinski definition) is 0. The molecule has 0 spiro atoms. The zero-order chi connectivity index (χ0) is 45.8. The van der Waals surface area contributed by atoms with E-state index >= 15 is 0 Å². The monoisotopic (exact) mass is 887 g/mol. The van der Waals surface area contributed by atoms with Gasteiger partial charge < -0.3 is 14.2 Å². The summed E-state index contributed by atoms with van der Waals surface area (Å²) in [6.45, 7) is 6.60. The maximum absolute atomic E-state index is 12.8. The van der Waals surface area contributed by atoms with Gasteiger partial charge in [-0.1, -0.05) is 263 Å². The second-order valence-corrected chi connectivity index (χ2v) is 18.9. The summed E-state index contributed by atoms with van der Waals surface area (Å²) in [6, 6.07) is 0. The Balaban J connectivity index is 4.26. The van der Waals surface area contributed by atoms with E-state index in [2.05, 4.69) is 45.1 Å². The molecule has 0 saturated heterocycles. The van der Waals surface area contributed by atoms with E-state index in [0.717, 1.165) is 89.9 Å². The van der Waals surface area contributed by atoms with Crippen LogP contribution in [0.1, 0.15) is 303 Å². The minimum absolute atomic E-state index is 0.0719. The van der Waals surface area contributed by atoms with Gasteiger partial charge in [0.05, 0.1) is 0 Å². The topological polar surface area (TPSA) is 78.9 Å². The van der Waals surface area contributed by atoms with Gasteiger partial charge in [-0.05, 0) is 44.9 Å². The largest absolute Gasteiger partial charge is 0.462 e.